The van der Waals surface area contributed by atoms with Crippen molar-refractivity contribution in [2.45, 2.75) is 25.3 Å². The maximum absolute atomic E-state index is 13.8. The summed E-state index contributed by atoms with van der Waals surface area (Å²) < 4.78 is 13.8. The van der Waals surface area contributed by atoms with Gasteiger partial charge in [0.15, 0.2) is 0 Å². The number of aromatic nitrogens is 1. The Bertz CT molecular complexity index is 561. The number of halogens is 1. The van der Waals surface area contributed by atoms with Crippen molar-refractivity contribution >= 4 is 11.3 Å². The lowest BCUT2D eigenvalue weighted by Crippen LogP contribution is -2.05. The fraction of sp³-hybridized carbons (Fsp3) is 0.357. The van der Waals surface area contributed by atoms with Crippen molar-refractivity contribution in [3.63, 3.8) is 0 Å². The lowest BCUT2D eigenvalue weighted by atomic mass is 10.2. The molecule has 0 atom stereocenters. The molecule has 0 aliphatic heterocycles. The SMILES string of the molecule is CNCc1sc(-c2ccccc2F)nc1C1CC1. The molecule has 1 N–H and O–H groups in total. The molecule has 1 fully saturated rings. The first-order valence-corrected chi connectivity index (χ1v) is 7.00. The lowest BCUT2D eigenvalue weighted by Gasteiger charge is -1.97. The smallest absolute Gasteiger partial charge is 0.133 e. The summed E-state index contributed by atoms with van der Waals surface area (Å²) >= 11 is 1.61. The van der Waals surface area contributed by atoms with Gasteiger partial charge >= 0.3 is 0 Å². The summed E-state index contributed by atoms with van der Waals surface area (Å²) in [5, 5.41) is 3.97. The third-order valence-corrected chi connectivity index (χ3v) is 4.24. The Morgan fingerprint density at radius 3 is 2.83 bits per heavy atom. The van der Waals surface area contributed by atoms with E-state index < -0.39 is 0 Å². The third-order valence-electron chi connectivity index (χ3n) is 3.13. The maximum atomic E-state index is 13.8. The predicted molar refractivity (Wildman–Crippen MR) is 72.2 cm³/mol. The third kappa shape index (κ3) is 2.18. The Hall–Kier alpha value is -1.26. The van der Waals surface area contributed by atoms with Crippen LogP contribution in [0.25, 0.3) is 10.6 Å². The summed E-state index contributed by atoms with van der Waals surface area (Å²) in [6, 6.07) is 6.86. The van der Waals surface area contributed by atoms with E-state index in [9.17, 15) is 4.39 Å². The van der Waals surface area contributed by atoms with Gasteiger partial charge in [0.1, 0.15) is 10.8 Å². The summed E-state index contributed by atoms with van der Waals surface area (Å²) in [7, 11) is 1.93. The number of hydrogen-bond acceptors (Lipinski definition) is 3. The quantitative estimate of drug-likeness (QED) is 0.911. The summed E-state index contributed by atoms with van der Waals surface area (Å²) in [5.41, 5.74) is 1.79. The summed E-state index contributed by atoms with van der Waals surface area (Å²) in [6.45, 7) is 0.817. The number of thiazole rings is 1. The van der Waals surface area contributed by atoms with E-state index in [0.717, 1.165) is 11.6 Å². The number of hydrogen-bond donors (Lipinski definition) is 1. The lowest BCUT2D eigenvalue weighted by molar-refractivity contribution is 0.631. The van der Waals surface area contributed by atoms with Gasteiger partial charge in [-0.15, -0.1) is 11.3 Å². The van der Waals surface area contributed by atoms with Gasteiger partial charge in [-0.05, 0) is 32.0 Å². The molecule has 0 radical (unpaired) electrons. The topological polar surface area (TPSA) is 24.9 Å². The average Bonchev–Trinajstić information content (AvgIpc) is 3.13. The van der Waals surface area contributed by atoms with Crippen molar-refractivity contribution < 1.29 is 4.39 Å². The van der Waals surface area contributed by atoms with Crippen LogP contribution in [0.5, 0.6) is 0 Å². The molecule has 1 aliphatic rings. The molecule has 0 saturated heterocycles. The van der Waals surface area contributed by atoms with Gasteiger partial charge in [0, 0.05) is 22.9 Å². The molecule has 4 heteroatoms. The van der Waals surface area contributed by atoms with Crippen LogP contribution in [0.3, 0.4) is 0 Å². The average molecular weight is 262 g/mol. The van der Waals surface area contributed by atoms with Gasteiger partial charge in [-0.2, -0.15) is 0 Å². The predicted octanol–water partition coefficient (Wildman–Crippen LogP) is 3.55. The highest BCUT2D eigenvalue weighted by atomic mass is 32.1. The fourth-order valence-electron chi connectivity index (χ4n) is 2.08. The molecule has 0 amide bonds. The standard InChI is InChI=1S/C14H15FN2S/c1-16-8-12-13(9-6-7-9)17-14(18-12)10-4-2-3-5-11(10)15/h2-5,9,16H,6-8H2,1H3. The molecule has 2 aromatic rings. The van der Waals surface area contributed by atoms with E-state index in [1.54, 1.807) is 23.5 Å². The molecule has 0 spiro atoms. The molecule has 0 unspecified atom stereocenters. The van der Waals surface area contributed by atoms with Crippen LogP contribution in [0, 0.1) is 5.82 Å². The highest BCUT2D eigenvalue weighted by Gasteiger charge is 2.29. The van der Waals surface area contributed by atoms with E-state index in [2.05, 4.69) is 10.3 Å². The zero-order chi connectivity index (χ0) is 12.5. The number of nitrogens with zero attached hydrogens (tertiary/aromatic N) is 1. The minimum atomic E-state index is -0.190. The van der Waals surface area contributed by atoms with E-state index in [1.165, 1.54) is 29.5 Å². The highest BCUT2D eigenvalue weighted by Crippen LogP contribution is 2.44. The maximum Gasteiger partial charge on any atom is 0.133 e. The Morgan fingerprint density at radius 1 is 1.39 bits per heavy atom. The van der Waals surface area contributed by atoms with E-state index in [1.807, 2.05) is 13.1 Å². The summed E-state index contributed by atoms with van der Waals surface area (Å²) in [4.78, 5) is 5.91. The second kappa shape index (κ2) is 4.78. The van der Waals surface area contributed by atoms with Gasteiger partial charge in [-0.3, -0.25) is 0 Å². The zero-order valence-electron chi connectivity index (χ0n) is 10.2. The molecule has 0 bridgehead atoms. The largest absolute Gasteiger partial charge is 0.315 e. The van der Waals surface area contributed by atoms with Crippen molar-refractivity contribution in [3.05, 3.63) is 40.7 Å². The van der Waals surface area contributed by atoms with Crippen LogP contribution >= 0.6 is 11.3 Å². The second-order valence-electron chi connectivity index (χ2n) is 4.61. The second-order valence-corrected chi connectivity index (χ2v) is 5.70. The van der Waals surface area contributed by atoms with Crippen molar-refractivity contribution in [1.82, 2.24) is 10.3 Å². The molecule has 1 aromatic heterocycles. The van der Waals surface area contributed by atoms with E-state index in [4.69, 9.17) is 0 Å². The normalized spacial score (nSPS) is 15.0. The van der Waals surface area contributed by atoms with Crippen molar-refractivity contribution in [2.75, 3.05) is 7.05 Å². The van der Waals surface area contributed by atoms with Gasteiger partial charge in [0.05, 0.1) is 5.69 Å². The number of rotatable bonds is 4. The first-order valence-electron chi connectivity index (χ1n) is 6.18. The van der Waals surface area contributed by atoms with Crippen LogP contribution in [-0.4, -0.2) is 12.0 Å². The van der Waals surface area contributed by atoms with Gasteiger partial charge in [-0.1, -0.05) is 12.1 Å². The summed E-state index contributed by atoms with van der Waals surface area (Å²) in [6.07, 6.45) is 2.44. The van der Waals surface area contributed by atoms with E-state index in [0.29, 0.717) is 11.5 Å². The van der Waals surface area contributed by atoms with Gasteiger partial charge in [0.25, 0.3) is 0 Å². The van der Waals surface area contributed by atoms with Crippen LogP contribution in [-0.2, 0) is 6.54 Å². The molecule has 2 nitrogen and oxygen atoms in total. The molecular weight excluding hydrogens is 247 g/mol. The monoisotopic (exact) mass is 262 g/mol. The van der Waals surface area contributed by atoms with Crippen LogP contribution in [0.2, 0.25) is 0 Å². The minimum absolute atomic E-state index is 0.190. The molecule has 18 heavy (non-hydrogen) atoms. The van der Waals surface area contributed by atoms with Crippen LogP contribution in [0.4, 0.5) is 4.39 Å². The fourth-order valence-corrected chi connectivity index (χ4v) is 3.26. The molecule has 1 heterocycles. The molecule has 1 aromatic carbocycles. The Kier molecular flexibility index (Phi) is 3.14. The Balaban J connectivity index is 2.02. The van der Waals surface area contributed by atoms with Gasteiger partial charge in [0.2, 0.25) is 0 Å². The van der Waals surface area contributed by atoms with Crippen molar-refractivity contribution in [2.24, 2.45) is 0 Å². The van der Waals surface area contributed by atoms with E-state index in [-0.39, 0.29) is 5.82 Å². The van der Waals surface area contributed by atoms with Crippen molar-refractivity contribution in [1.29, 1.82) is 0 Å². The molecule has 3 rings (SSSR count). The zero-order valence-corrected chi connectivity index (χ0v) is 11.1. The van der Waals surface area contributed by atoms with E-state index >= 15 is 0 Å². The molecule has 94 valence electrons. The minimum Gasteiger partial charge on any atom is -0.315 e. The first kappa shape index (κ1) is 11.8. The van der Waals surface area contributed by atoms with Crippen LogP contribution in [0.1, 0.15) is 29.3 Å². The van der Waals surface area contributed by atoms with Gasteiger partial charge < -0.3 is 5.32 Å². The molecule has 1 aliphatic carbocycles. The molecule has 1 saturated carbocycles. The summed E-state index contributed by atoms with van der Waals surface area (Å²) in [5.74, 6) is 0.412. The molecular formula is C14H15FN2S. The Morgan fingerprint density at radius 2 is 2.17 bits per heavy atom. The number of benzene rings is 1. The highest BCUT2D eigenvalue weighted by molar-refractivity contribution is 7.15. The number of nitrogens with one attached hydrogen (secondary N) is 1. The van der Waals surface area contributed by atoms with Crippen LogP contribution in [0.15, 0.2) is 24.3 Å². The van der Waals surface area contributed by atoms with Crippen LogP contribution < -0.4 is 5.32 Å². The van der Waals surface area contributed by atoms with Gasteiger partial charge in [-0.25, -0.2) is 9.37 Å². The Labute approximate surface area is 110 Å². The van der Waals surface area contributed by atoms with Crippen molar-refractivity contribution in [3.8, 4) is 10.6 Å². The first-order chi connectivity index (χ1) is 8.79.